The minimum absolute atomic E-state index is 0.0584. The molecule has 1 aliphatic heterocycles. The number of ketones is 1. The lowest BCUT2D eigenvalue weighted by molar-refractivity contribution is -0.121. The van der Waals surface area contributed by atoms with Crippen LogP contribution in [0.4, 0.5) is 5.69 Å². The highest BCUT2D eigenvalue weighted by Gasteiger charge is 2.39. The smallest absolute Gasteiger partial charge is 0.338 e. The monoisotopic (exact) mass is 422 g/mol. The van der Waals surface area contributed by atoms with E-state index in [9.17, 15) is 19.2 Å². The van der Waals surface area contributed by atoms with Gasteiger partial charge in [0.2, 0.25) is 5.91 Å². The molecule has 2 aromatic carbocycles. The van der Waals surface area contributed by atoms with Crippen molar-refractivity contribution in [3.8, 4) is 5.75 Å². The van der Waals surface area contributed by atoms with Gasteiger partial charge in [-0.3, -0.25) is 14.4 Å². The van der Waals surface area contributed by atoms with E-state index in [2.05, 4.69) is 11.9 Å². The van der Waals surface area contributed by atoms with Crippen LogP contribution < -0.4 is 15.0 Å². The minimum Gasteiger partial charge on any atom is -0.497 e. The summed E-state index contributed by atoms with van der Waals surface area (Å²) in [6.07, 6.45) is 1.67. The van der Waals surface area contributed by atoms with Gasteiger partial charge >= 0.3 is 5.97 Å². The number of nitrogens with one attached hydrogen (secondary N) is 1. The molecule has 0 saturated carbocycles. The highest BCUT2D eigenvalue weighted by atomic mass is 16.5. The number of Topliss-reactive ketones (excluding diaryl/α,β-unsaturated/α-hetero) is 1. The van der Waals surface area contributed by atoms with Crippen molar-refractivity contribution in [3.05, 3.63) is 72.3 Å². The largest absolute Gasteiger partial charge is 0.497 e. The number of amides is 2. The Kier molecular flexibility index (Phi) is 6.94. The first-order valence-electron chi connectivity index (χ1n) is 9.60. The summed E-state index contributed by atoms with van der Waals surface area (Å²) in [5.74, 6) is -1.21. The number of hydrogen-bond donors (Lipinski definition) is 1. The molecule has 1 aliphatic rings. The van der Waals surface area contributed by atoms with E-state index in [1.165, 1.54) is 31.4 Å². The molecule has 8 nitrogen and oxygen atoms in total. The molecule has 0 radical (unpaired) electrons. The quantitative estimate of drug-likeness (QED) is 0.286. The van der Waals surface area contributed by atoms with Crippen molar-refractivity contribution in [3.63, 3.8) is 0 Å². The highest BCUT2D eigenvalue weighted by Crippen LogP contribution is 2.23. The lowest BCUT2D eigenvalue weighted by atomic mass is 10.1. The van der Waals surface area contributed by atoms with Gasteiger partial charge < -0.3 is 14.8 Å². The van der Waals surface area contributed by atoms with E-state index in [1.807, 2.05) is 0 Å². The molecule has 1 heterocycles. The van der Waals surface area contributed by atoms with Gasteiger partial charge in [0.25, 0.3) is 5.91 Å². The lowest BCUT2D eigenvalue weighted by Crippen LogP contribution is -2.38. The van der Waals surface area contributed by atoms with Crippen molar-refractivity contribution in [2.45, 2.75) is 12.5 Å². The second-order valence-electron chi connectivity index (χ2n) is 6.80. The molecule has 0 aliphatic carbocycles. The zero-order chi connectivity index (χ0) is 22.4. The van der Waals surface area contributed by atoms with Gasteiger partial charge in [-0.1, -0.05) is 18.2 Å². The third-order valence-electron chi connectivity index (χ3n) is 4.74. The van der Waals surface area contributed by atoms with E-state index in [4.69, 9.17) is 9.47 Å². The Hall–Kier alpha value is -3.78. The van der Waals surface area contributed by atoms with E-state index in [0.29, 0.717) is 23.5 Å². The zero-order valence-corrected chi connectivity index (χ0v) is 17.0. The summed E-state index contributed by atoms with van der Waals surface area (Å²) in [5, 5.41) is 2.94. The first kappa shape index (κ1) is 21.9. The zero-order valence-electron chi connectivity index (χ0n) is 17.0. The number of methoxy groups -OCH3 is 1. The minimum atomic E-state index is -0.688. The summed E-state index contributed by atoms with van der Waals surface area (Å²) >= 11 is 0. The third-order valence-corrected chi connectivity index (χ3v) is 4.74. The average Bonchev–Trinajstić information content (AvgIpc) is 3.08. The average molecular weight is 422 g/mol. The van der Waals surface area contributed by atoms with Crippen LogP contribution >= 0.6 is 0 Å². The summed E-state index contributed by atoms with van der Waals surface area (Å²) in [4.78, 5) is 50.3. The number of rotatable bonds is 9. The van der Waals surface area contributed by atoms with Gasteiger partial charge in [-0.2, -0.15) is 0 Å². The number of esters is 1. The molecule has 1 N–H and O–H groups in total. The summed E-state index contributed by atoms with van der Waals surface area (Å²) < 4.78 is 10.2. The summed E-state index contributed by atoms with van der Waals surface area (Å²) in [6.45, 7) is 3.57. The first-order chi connectivity index (χ1) is 14.9. The Morgan fingerprint density at radius 2 is 1.90 bits per heavy atom. The number of benzene rings is 2. The Morgan fingerprint density at radius 1 is 1.16 bits per heavy atom. The molecule has 1 saturated heterocycles. The molecule has 3 rings (SSSR count). The molecule has 1 fully saturated rings. The van der Waals surface area contributed by atoms with Crippen LogP contribution in [0, 0.1) is 0 Å². The molecular weight excluding hydrogens is 400 g/mol. The second-order valence-corrected chi connectivity index (χ2v) is 6.80. The number of carbonyl (C=O) groups is 4. The van der Waals surface area contributed by atoms with Crippen molar-refractivity contribution in [2.24, 2.45) is 0 Å². The second kappa shape index (κ2) is 9.82. The normalized spacial score (nSPS) is 15.6. The van der Waals surface area contributed by atoms with Crippen LogP contribution in [0.15, 0.2) is 61.2 Å². The van der Waals surface area contributed by atoms with Gasteiger partial charge in [-0.05, 0) is 36.4 Å². The predicted molar refractivity (Wildman–Crippen MR) is 113 cm³/mol. The molecule has 0 spiro atoms. The molecule has 2 aromatic rings. The Bertz CT molecular complexity index is 1010. The third kappa shape index (κ3) is 5.04. The molecular formula is C23H22N2O6. The van der Waals surface area contributed by atoms with E-state index >= 15 is 0 Å². The van der Waals surface area contributed by atoms with Crippen molar-refractivity contribution >= 4 is 29.3 Å². The van der Waals surface area contributed by atoms with Crippen molar-refractivity contribution in [1.82, 2.24) is 5.32 Å². The molecule has 1 atom stereocenters. The fourth-order valence-corrected chi connectivity index (χ4v) is 3.13. The van der Waals surface area contributed by atoms with Gasteiger partial charge in [-0.25, -0.2) is 9.69 Å². The SMILES string of the molecule is C=CCNC1CC(=O)N(c2ccc(C(=O)OCC(=O)c3cccc(OC)c3)cc2)C1=O. The van der Waals surface area contributed by atoms with Gasteiger partial charge in [-0.15, -0.1) is 6.58 Å². The number of carbonyl (C=O) groups excluding carboxylic acids is 4. The standard InChI is InChI=1S/C23H22N2O6/c1-3-11-24-19-13-21(27)25(22(19)28)17-9-7-15(8-10-17)23(29)31-14-20(26)16-5-4-6-18(12-16)30-2/h3-10,12,19,24H,1,11,13-14H2,2H3. The predicted octanol–water partition coefficient (Wildman–Crippen LogP) is 2.14. The van der Waals surface area contributed by atoms with Crippen molar-refractivity contribution in [1.29, 1.82) is 0 Å². The highest BCUT2D eigenvalue weighted by molar-refractivity contribution is 6.22. The summed E-state index contributed by atoms with van der Waals surface area (Å²) in [7, 11) is 1.49. The van der Waals surface area contributed by atoms with E-state index in [0.717, 1.165) is 4.90 Å². The Morgan fingerprint density at radius 3 is 2.58 bits per heavy atom. The van der Waals surface area contributed by atoms with Crippen molar-refractivity contribution < 1.29 is 28.7 Å². The molecule has 160 valence electrons. The van der Waals surface area contributed by atoms with Gasteiger partial charge in [0.05, 0.1) is 30.8 Å². The molecule has 8 heteroatoms. The van der Waals surface area contributed by atoms with Crippen LogP contribution in [0.2, 0.25) is 0 Å². The lowest BCUT2D eigenvalue weighted by Gasteiger charge is -2.15. The Balaban J connectivity index is 1.61. The number of imide groups is 1. The van der Waals surface area contributed by atoms with Crippen LogP contribution in [0.3, 0.4) is 0 Å². The van der Waals surface area contributed by atoms with Crippen LogP contribution in [0.25, 0.3) is 0 Å². The number of ether oxygens (including phenoxy) is 2. The van der Waals surface area contributed by atoms with Gasteiger partial charge in [0, 0.05) is 12.1 Å². The summed E-state index contributed by atoms with van der Waals surface area (Å²) in [6, 6.07) is 11.8. The van der Waals surface area contributed by atoms with Crippen molar-refractivity contribution in [2.75, 3.05) is 25.2 Å². The Labute approximate surface area is 179 Å². The van der Waals surface area contributed by atoms with E-state index < -0.39 is 18.6 Å². The molecule has 0 aromatic heterocycles. The van der Waals surface area contributed by atoms with Gasteiger partial charge in [0.1, 0.15) is 5.75 Å². The molecule has 31 heavy (non-hydrogen) atoms. The molecule has 1 unspecified atom stereocenters. The number of nitrogens with zero attached hydrogens (tertiary/aromatic N) is 1. The van der Waals surface area contributed by atoms with Crippen LogP contribution in [0.5, 0.6) is 5.75 Å². The maximum atomic E-state index is 12.5. The fraction of sp³-hybridized carbons (Fsp3) is 0.217. The van der Waals surface area contributed by atoms with Crippen LogP contribution in [-0.2, 0) is 14.3 Å². The molecule has 0 bridgehead atoms. The maximum absolute atomic E-state index is 12.5. The topological polar surface area (TPSA) is 102 Å². The van der Waals surface area contributed by atoms with E-state index in [-0.39, 0.29) is 29.6 Å². The molecule has 2 amide bonds. The number of anilines is 1. The fourth-order valence-electron chi connectivity index (χ4n) is 3.13. The maximum Gasteiger partial charge on any atom is 0.338 e. The van der Waals surface area contributed by atoms with E-state index in [1.54, 1.807) is 30.3 Å². The van der Waals surface area contributed by atoms with Crippen LogP contribution in [0.1, 0.15) is 27.1 Å². The first-order valence-corrected chi connectivity index (χ1v) is 9.60. The summed E-state index contributed by atoms with van der Waals surface area (Å²) in [5.41, 5.74) is 0.928. The number of hydrogen-bond acceptors (Lipinski definition) is 7. The van der Waals surface area contributed by atoms with Gasteiger partial charge in [0.15, 0.2) is 12.4 Å². The van der Waals surface area contributed by atoms with Crippen LogP contribution in [-0.4, -0.2) is 49.9 Å².